The lowest BCUT2D eigenvalue weighted by Crippen LogP contribution is -2.50. The van der Waals surface area contributed by atoms with Crippen LogP contribution in [0.25, 0.3) is 11.1 Å². The number of nitrogens with zero attached hydrogens (tertiary/aromatic N) is 1. The van der Waals surface area contributed by atoms with E-state index in [1.165, 1.54) is 16.6 Å². The average Bonchev–Trinajstić information content (AvgIpc) is 3.22. The molecule has 3 heterocycles. The van der Waals surface area contributed by atoms with Crippen molar-refractivity contribution in [2.75, 3.05) is 4.81 Å². The Morgan fingerprint density at radius 1 is 0.733 bits per heavy atom. The highest BCUT2D eigenvalue weighted by molar-refractivity contribution is 6.77. The molecule has 0 aromatic heterocycles. The van der Waals surface area contributed by atoms with E-state index in [-0.39, 0.29) is 25.4 Å². The van der Waals surface area contributed by atoms with Gasteiger partial charge >= 0.3 is 14.2 Å². The van der Waals surface area contributed by atoms with Crippen LogP contribution in [0.1, 0.15) is 27.7 Å². The van der Waals surface area contributed by atoms with Crippen molar-refractivity contribution < 1.29 is 14.0 Å². The van der Waals surface area contributed by atoms with Crippen molar-refractivity contribution in [3.63, 3.8) is 0 Å². The van der Waals surface area contributed by atoms with Gasteiger partial charge in [0.25, 0.3) is 0 Å². The van der Waals surface area contributed by atoms with E-state index in [1.807, 2.05) is 12.1 Å². The van der Waals surface area contributed by atoms with Crippen LogP contribution < -0.4 is 20.4 Å². The molecular formula is C24H23B2NO3. The molecule has 4 nitrogen and oxygen atoms in total. The first-order chi connectivity index (χ1) is 14.4. The van der Waals surface area contributed by atoms with E-state index < -0.39 is 0 Å². The Labute approximate surface area is 178 Å². The molecule has 148 valence electrons. The van der Waals surface area contributed by atoms with Gasteiger partial charge in [0.2, 0.25) is 0 Å². The van der Waals surface area contributed by atoms with Crippen molar-refractivity contribution in [3.8, 4) is 16.9 Å². The molecule has 1 fully saturated rings. The van der Waals surface area contributed by atoms with Crippen LogP contribution in [0.5, 0.6) is 5.75 Å². The number of hydrogen-bond donors (Lipinski definition) is 0. The first kappa shape index (κ1) is 18.1. The minimum atomic E-state index is -0.382. The summed E-state index contributed by atoms with van der Waals surface area (Å²) in [5.41, 5.74) is 6.09. The zero-order valence-electron chi connectivity index (χ0n) is 17.7. The van der Waals surface area contributed by atoms with Crippen LogP contribution in [0, 0.1) is 0 Å². The standard InChI is InChI=1S/C24H23B2NO3/c1-23(2)24(3,4)30-26(29-23)16-13-14-20-18(15-16)17-9-5-6-10-19(17)25-27(20)21-11-7-8-12-22(21)28-25/h5-15H,1-4H3. The van der Waals surface area contributed by atoms with Crippen LogP contribution in [0.2, 0.25) is 0 Å². The molecule has 0 bridgehead atoms. The molecule has 30 heavy (non-hydrogen) atoms. The molecule has 3 aliphatic rings. The van der Waals surface area contributed by atoms with Gasteiger partial charge in [0.05, 0.1) is 16.9 Å². The van der Waals surface area contributed by atoms with Gasteiger partial charge in [0.15, 0.2) is 0 Å². The Balaban J connectivity index is 1.51. The molecule has 6 heteroatoms. The Morgan fingerprint density at radius 3 is 2.23 bits per heavy atom. The van der Waals surface area contributed by atoms with Gasteiger partial charge in [0, 0.05) is 11.3 Å². The molecule has 0 spiro atoms. The maximum atomic E-state index is 6.36. The summed E-state index contributed by atoms with van der Waals surface area (Å²) < 4.78 is 19.0. The fraction of sp³-hybridized carbons (Fsp3) is 0.250. The van der Waals surface area contributed by atoms with Crippen molar-refractivity contribution in [3.05, 3.63) is 66.7 Å². The maximum absolute atomic E-state index is 6.36. The second kappa shape index (κ2) is 5.93. The second-order valence-corrected chi connectivity index (χ2v) is 9.26. The van der Waals surface area contributed by atoms with E-state index in [9.17, 15) is 0 Å². The van der Waals surface area contributed by atoms with Gasteiger partial charge in [-0.3, -0.25) is 0 Å². The zero-order valence-corrected chi connectivity index (χ0v) is 17.7. The fourth-order valence-electron chi connectivity index (χ4n) is 4.58. The Kier molecular flexibility index (Phi) is 3.58. The van der Waals surface area contributed by atoms with E-state index >= 15 is 0 Å². The van der Waals surface area contributed by atoms with Crippen molar-refractivity contribution in [1.82, 2.24) is 0 Å². The number of rotatable bonds is 1. The molecule has 3 aromatic rings. The van der Waals surface area contributed by atoms with E-state index in [0.717, 1.165) is 22.6 Å². The van der Waals surface area contributed by atoms with Gasteiger partial charge < -0.3 is 18.8 Å². The van der Waals surface area contributed by atoms with Gasteiger partial charge in [-0.15, -0.1) is 0 Å². The van der Waals surface area contributed by atoms with Crippen molar-refractivity contribution in [1.29, 1.82) is 0 Å². The molecule has 0 atom stereocenters. The van der Waals surface area contributed by atoms with E-state index in [2.05, 4.69) is 87.1 Å². The monoisotopic (exact) mass is 395 g/mol. The van der Waals surface area contributed by atoms with Gasteiger partial charge in [-0.1, -0.05) is 48.5 Å². The van der Waals surface area contributed by atoms with Crippen molar-refractivity contribution >= 4 is 36.5 Å². The molecule has 0 radical (unpaired) electrons. The highest BCUT2D eigenvalue weighted by Gasteiger charge is 2.52. The smallest absolute Gasteiger partial charge is 0.524 e. The molecule has 0 aliphatic carbocycles. The largest absolute Gasteiger partial charge is 0.536 e. The Hall–Kier alpha value is -2.69. The Bertz CT molecular complexity index is 1160. The number of para-hydroxylation sites is 2. The molecular weight excluding hydrogens is 372 g/mol. The summed E-state index contributed by atoms with van der Waals surface area (Å²) in [5.74, 6) is 0.917. The van der Waals surface area contributed by atoms with Gasteiger partial charge in [-0.05, 0) is 62.4 Å². The topological polar surface area (TPSA) is 30.9 Å². The van der Waals surface area contributed by atoms with E-state index in [0.29, 0.717) is 0 Å². The fourth-order valence-corrected chi connectivity index (χ4v) is 4.58. The van der Waals surface area contributed by atoms with Crippen LogP contribution in [0.15, 0.2) is 66.7 Å². The number of anilines is 2. The lowest BCUT2D eigenvalue weighted by atomic mass is 9.64. The minimum Gasteiger partial charge on any atom is -0.536 e. The first-order valence-corrected chi connectivity index (χ1v) is 10.5. The number of fused-ring (bicyclic) bond motifs is 8. The summed E-state index contributed by atoms with van der Waals surface area (Å²) in [4.78, 5) is 2.29. The quantitative estimate of drug-likeness (QED) is 0.586. The van der Waals surface area contributed by atoms with Gasteiger partial charge in [-0.25, -0.2) is 0 Å². The predicted octanol–water partition coefficient (Wildman–Crippen LogP) is 3.89. The molecule has 1 saturated heterocycles. The van der Waals surface area contributed by atoms with Crippen LogP contribution in [0.3, 0.4) is 0 Å². The summed E-state index contributed by atoms with van der Waals surface area (Å²) >= 11 is 0. The van der Waals surface area contributed by atoms with E-state index in [1.54, 1.807) is 0 Å². The van der Waals surface area contributed by atoms with Crippen molar-refractivity contribution in [2.24, 2.45) is 0 Å². The highest BCUT2D eigenvalue weighted by atomic mass is 16.7. The second-order valence-electron chi connectivity index (χ2n) is 9.26. The van der Waals surface area contributed by atoms with Crippen LogP contribution in [0.4, 0.5) is 11.4 Å². The summed E-state index contributed by atoms with van der Waals surface area (Å²) in [6.07, 6.45) is 0. The number of benzene rings is 3. The molecule has 3 aromatic carbocycles. The third kappa shape index (κ3) is 2.38. The van der Waals surface area contributed by atoms with Crippen molar-refractivity contribution in [2.45, 2.75) is 38.9 Å². The summed E-state index contributed by atoms with van der Waals surface area (Å²) in [7, 11) is -0.527. The normalized spacial score (nSPS) is 19.7. The SMILES string of the molecule is CC1(C)OB(c2ccc3c(c2)-c2ccccc2B2Oc4ccccc4N23)OC1(C)C. The van der Waals surface area contributed by atoms with E-state index in [4.69, 9.17) is 14.0 Å². The van der Waals surface area contributed by atoms with Crippen LogP contribution >= 0.6 is 0 Å². The lowest BCUT2D eigenvalue weighted by molar-refractivity contribution is 0.00578. The first-order valence-electron chi connectivity index (χ1n) is 10.5. The average molecular weight is 395 g/mol. The summed E-state index contributed by atoms with van der Waals surface area (Å²) in [6, 6.07) is 23.2. The lowest BCUT2D eigenvalue weighted by Gasteiger charge is -2.32. The third-order valence-electron chi connectivity index (χ3n) is 6.92. The highest BCUT2D eigenvalue weighted by Crippen LogP contribution is 2.46. The third-order valence-corrected chi connectivity index (χ3v) is 6.92. The number of hydrogen-bond acceptors (Lipinski definition) is 4. The van der Waals surface area contributed by atoms with Gasteiger partial charge in [0.1, 0.15) is 5.75 Å². The summed E-state index contributed by atoms with van der Waals surface area (Å²) in [6.45, 7) is 8.35. The molecule has 6 rings (SSSR count). The maximum Gasteiger partial charge on any atom is 0.524 e. The summed E-state index contributed by atoms with van der Waals surface area (Å²) in [5, 5.41) is 0. The van der Waals surface area contributed by atoms with Crippen LogP contribution in [-0.2, 0) is 9.31 Å². The Morgan fingerprint density at radius 2 is 1.43 bits per heavy atom. The van der Waals surface area contributed by atoms with Crippen LogP contribution in [-0.4, -0.2) is 25.4 Å². The minimum absolute atomic E-state index is 0.145. The molecule has 0 N–H and O–H groups in total. The zero-order chi connectivity index (χ0) is 20.7. The molecule has 0 unspecified atom stereocenters. The molecule has 0 amide bonds. The molecule has 3 aliphatic heterocycles. The molecule has 0 saturated carbocycles. The van der Waals surface area contributed by atoms with Gasteiger partial charge in [-0.2, -0.15) is 0 Å². The predicted molar refractivity (Wildman–Crippen MR) is 122 cm³/mol.